The van der Waals surface area contributed by atoms with Crippen LogP contribution in [0, 0.1) is 0 Å². The minimum atomic E-state index is 0.367. The Bertz CT molecular complexity index is 205. The summed E-state index contributed by atoms with van der Waals surface area (Å²) in [4.78, 5) is 13.8. The number of aldehydes is 1. The first-order chi connectivity index (χ1) is 4.36. The molecule has 9 heavy (non-hydrogen) atoms. The van der Waals surface area contributed by atoms with E-state index in [2.05, 4.69) is 4.98 Å². The second-order valence-corrected chi connectivity index (χ2v) is 1.64. The number of oxazole rings is 1. The fraction of sp³-hybridized carbons (Fsp3) is 0.333. The summed E-state index contributed by atoms with van der Waals surface area (Å²) < 4.78 is 4.86. The topological polar surface area (TPSA) is 43.1 Å². The number of rotatable bonds is 2. The Morgan fingerprint density at radius 1 is 1.89 bits per heavy atom. The molecular formula is C6H7NO2. The summed E-state index contributed by atoms with van der Waals surface area (Å²) in [5, 5.41) is 0. The molecule has 0 radical (unpaired) electrons. The van der Waals surface area contributed by atoms with Gasteiger partial charge in [0.1, 0.15) is 12.0 Å². The number of hydrogen-bond donors (Lipinski definition) is 0. The van der Waals surface area contributed by atoms with E-state index in [-0.39, 0.29) is 0 Å². The maximum atomic E-state index is 10.0. The summed E-state index contributed by atoms with van der Waals surface area (Å²) in [6.45, 7) is 1.92. The van der Waals surface area contributed by atoms with E-state index in [9.17, 15) is 4.79 Å². The third kappa shape index (κ3) is 1.16. The van der Waals surface area contributed by atoms with Crippen LogP contribution in [0.25, 0.3) is 0 Å². The van der Waals surface area contributed by atoms with E-state index in [4.69, 9.17) is 4.42 Å². The average Bonchev–Trinajstić information content (AvgIpc) is 2.34. The summed E-state index contributed by atoms with van der Waals surface area (Å²) in [5.41, 5.74) is 0.367. The standard InChI is InChI=1S/C6H7NO2/c1-2-6-7-5(3-8)4-9-6/h3-4H,2H2,1H3. The lowest BCUT2D eigenvalue weighted by molar-refractivity contribution is 0.111. The molecule has 0 spiro atoms. The molecule has 1 aromatic rings. The van der Waals surface area contributed by atoms with E-state index in [1.807, 2.05) is 6.92 Å². The summed E-state index contributed by atoms with van der Waals surface area (Å²) in [7, 11) is 0. The lowest BCUT2D eigenvalue weighted by Crippen LogP contribution is -1.80. The van der Waals surface area contributed by atoms with Gasteiger partial charge in [0.2, 0.25) is 0 Å². The Kier molecular flexibility index (Phi) is 1.63. The molecule has 1 rings (SSSR count). The fourth-order valence-corrected chi connectivity index (χ4v) is 0.542. The van der Waals surface area contributed by atoms with E-state index in [0.717, 1.165) is 6.42 Å². The highest BCUT2D eigenvalue weighted by Crippen LogP contribution is 1.98. The van der Waals surface area contributed by atoms with Crippen molar-refractivity contribution in [3.05, 3.63) is 17.8 Å². The van der Waals surface area contributed by atoms with E-state index in [1.54, 1.807) is 0 Å². The van der Waals surface area contributed by atoms with Crippen LogP contribution in [0.3, 0.4) is 0 Å². The largest absolute Gasteiger partial charge is 0.448 e. The first-order valence-electron chi connectivity index (χ1n) is 2.76. The molecule has 0 saturated heterocycles. The summed E-state index contributed by atoms with van der Waals surface area (Å²) in [6, 6.07) is 0. The van der Waals surface area contributed by atoms with Crippen molar-refractivity contribution in [1.29, 1.82) is 0 Å². The lowest BCUT2D eigenvalue weighted by Gasteiger charge is -1.78. The van der Waals surface area contributed by atoms with Crippen molar-refractivity contribution in [3.63, 3.8) is 0 Å². The van der Waals surface area contributed by atoms with E-state index in [0.29, 0.717) is 17.9 Å². The molecule has 3 nitrogen and oxygen atoms in total. The molecule has 0 atom stereocenters. The van der Waals surface area contributed by atoms with E-state index >= 15 is 0 Å². The normalized spacial score (nSPS) is 9.44. The molecule has 0 aromatic carbocycles. The van der Waals surface area contributed by atoms with Gasteiger partial charge in [-0.25, -0.2) is 4.98 Å². The summed E-state index contributed by atoms with van der Waals surface area (Å²) in [5.74, 6) is 0.608. The minimum absolute atomic E-state index is 0.367. The molecule has 3 heteroatoms. The maximum Gasteiger partial charge on any atom is 0.194 e. The van der Waals surface area contributed by atoms with Crippen molar-refractivity contribution in [2.24, 2.45) is 0 Å². The monoisotopic (exact) mass is 125 g/mol. The Labute approximate surface area is 52.7 Å². The van der Waals surface area contributed by atoms with Crippen molar-refractivity contribution in [2.45, 2.75) is 13.3 Å². The number of nitrogens with zero attached hydrogens (tertiary/aromatic N) is 1. The maximum absolute atomic E-state index is 10.0. The van der Waals surface area contributed by atoms with Crippen LogP contribution < -0.4 is 0 Å². The predicted octanol–water partition coefficient (Wildman–Crippen LogP) is 1.05. The zero-order chi connectivity index (χ0) is 6.69. The van der Waals surface area contributed by atoms with E-state index < -0.39 is 0 Å². The highest BCUT2D eigenvalue weighted by molar-refractivity contribution is 5.70. The van der Waals surface area contributed by atoms with Crippen molar-refractivity contribution in [2.75, 3.05) is 0 Å². The molecule has 0 saturated carbocycles. The third-order valence-corrected chi connectivity index (χ3v) is 0.993. The van der Waals surface area contributed by atoms with Gasteiger partial charge in [-0.3, -0.25) is 4.79 Å². The van der Waals surface area contributed by atoms with Crippen molar-refractivity contribution in [1.82, 2.24) is 4.98 Å². The molecule has 0 aliphatic heterocycles. The smallest absolute Gasteiger partial charge is 0.194 e. The van der Waals surface area contributed by atoms with Crippen molar-refractivity contribution < 1.29 is 9.21 Å². The van der Waals surface area contributed by atoms with Gasteiger partial charge >= 0.3 is 0 Å². The Morgan fingerprint density at radius 3 is 3.00 bits per heavy atom. The van der Waals surface area contributed by atoms with Crippen molar-refractivity contribution in [3.8, 4) is 0 Å². The molecule has 0 unspecified atom stereocenters. The number of aromatic nitrogens is 1. The molecule has 0 fully saturated rings. The SMILES string of the molecule is CCc1nc(C=O)co1. The van der Waals surface area contributed by atoms with Gasteiger partial charge in [-0.15, -0.1) is 0 Å². The Hall–Kier alpha value is -1.12. The fourth-order valence-electron chi connectivity index (χ4n) is 0.542. The van der Waals surface area contributed by atoms with Gasteiger partial charge in [-0.2, -0.15) is 0 Å². The minimum Gasteiger partial charge on any atom is -0.448 e. The third-order valence-electron chi connectivity index (χ3n) is 0.993. The molecule has 1 heterocycles. The molecule has 0 amide bonds. The Balaban J connectivity index is 2.86. The lowest BCUT2D eigenvalue weighted by atomic mass is 10.5. The zero-order valence-corrected chi connectivity index (χ0v) is 5.13. The van der Waals surface area contributed by atoms with Crippen LogP contribution in [0.4, 0.5) is 0 Å². The highest BCUT2D eigenvalue weighted by atomic mass is 16.3. The van der Waals surface area contributed by atoms with Crippen LogP contribution in [0.5, 0.6) is 0 Å². The van der Waals surface area contributed by atoms with E-state index in [1.165, 1.54) is 6.26 Å². The summed E-state index contributed by atoms with van der Waals surface area (Å²) in [6.07, 6.45) is 2.75. The highest BCUT2D eigenvalue weighted by Gasteiger charge is 1.97. The van der Waals surface area contributed by atoms with Crippen LogP contribution >= 0.6 is 0 Å². The number of aryl methyl sites for hydroxylation is 1. The average molecular weight is 125 g/mol. The first kappa shape index (κ1) is 6.01. The van der Waals surface area contributed by atoms with Gasteiger partial charge < -0.3 is 4.42 Å². The second-order valence-electron chi connectivity index (χ2n) is 1.64. The van der Waals surface area contributed by atoms with Crippen molar-refractivity contribution >= 4 is 6.29 Å². The predicted molar refractivity (Wildman–Crippen MR) is 31.3 cm³/mol. The van der Waals surface area contributed by atoms with Gasteiger partial charge in [0.15, 0.2) is 12.2 Å². The van der Waals surface area contributed by atoms with Crippen LogP contribution in [-0.4, -0.2) is 11.3 Å². The van der Waals surface area contributed by atoms with Gasteiger partial charge in [0, 0.05) is 6.42 Å². The number of hydrogen-bond acceptors (Lipinski definition) is 3. The number of carbonyl (C=O) groups excluding carboxylic acids is 1. The molecule has 1 aromatic heterocycles. The molecule has 0 N–H and O–H groups in total. The first-order valence-corrected chi connectivity index (χ1v) is 2.76. The molecule has 0 bridgehead atoms. The van der Waals surface area contributed by atoms with Crippen LogP contribution in [0.2, 0.25) is 0 Å². The molecule has 0 aliphatic carbocycles. The van der Waals surface area contributed by atoms with Gasteiger partial charge in [0.25, 0.3) is 0 Å². The van der Waals surface area contributed by atoms with Gasteiger partial charge in [0.05, 0.1) is 0 Å². The Morgan fingerprint density at radius 2 is 2.67 bits per heavy atom. The van der Waals surface area contributed by atoms with Crippen LogP contribution in [0.1, 0.15) is 23.3 Å². The zero-order valence-electron chi connectivity index (χ0n) is 5.13. The van der Waals surface area contributed by atoms with Crippen LogP contribution in [0.15, 0.2) is 10.7 Å². The molecule has 48 valence electrons. The molecule has 0 aliphatic rings. The second kappa shape index (κ2) is 2.44. The van der Waals surface area contributed by atoms with Crippen LogP contribution in [-0.2, 0) is 6.42 Å². The quantitative estimate of drug-likeness (QED) is 0.555. The summed E-state index contributed by atoms with van der Waals surface area (Å²) >= 11 is 0. The molecular weight excluding hydrogens is 118 g/mol. The van der Waals surface area contributed by atoms with Gasteiger partial charge in [-0.05, 0) is 0 Å². The number of carbonyl (C=O) groups is 1. The van der Waals surface area contributed by atoms with Gasteiger partial charge in [-0.1, -0.05) is 6.92 Å².